The van der Waals surface area contributed by atoms with Crippen LogP contribution in [0.1, 0.15) is 37.5 Å². The van der Waals surface area contributed by atoms with Gasteiger partial charge in [-0.2, -0.15) is 4.98 Å². The summed E-state index contributed by atoms with van der Waals surface area (Å²) in [5.41, 5.74) is 0.987. The van der Waals surface area contributed by atoms with Gasteiger partial charge in [0.2, 0.25) is 5.89 Å². The monoisotopic (exact) mass is 305 g/mol. The third kappa shape index (κ3) is 2.70. The predicted octanol–water partition coefficient (Wildman–Crippen LogP) is 3.20. The number of hydrogen-bond acceptors (Lipinski definition) is 4. The zero-order chi connectivity index (χ0) is 14.9. The highest BCUT2D eigenvalue weighted by molar-refractivity contribution is 6.31. The second kappa shape index (κ2) is 5.78. The predicted molar refractivity (Wildman–Crippen MR) is 82.6 cm³/mol. The summed E-state index contributed by atoms with van der Waals surface area (Å²) in [5.74, 6) is 1.91. The number of hydrogen-bond donors (Lipinski definition) is 1. The standard InChI is InChI=1S/C16H20ClN3O/c1-11(2)16(7-8-18-10-16)15-19-14(20-21-15)9-12-5-3-4-6-13(12)17/h3-6,11,18H,7-10H2,1-2H3. The first kappa shape index (κ1) is 14.5. The van der Waals surface area contributed by atoms with Gasteiger partial charge in [-0.05, 0) is 30.5 Å². The Hall–Kier alpha value is -1.39. The number of aromatic nitrogens is 2. The lowest BCUT2D eigenvalue weighted by Gasteiger charge is -2.28. The van der Waals surface area contributed by atoms with E-state index < -0.39 is 0 Å². The molecule has 1 N–H and O–H groups in total. The van der Waals surface area contributed by atoms with E-state index >= 15 is 0 Å². The molecule has 1 saturated heterocycles. The molecule has 0 amide bonds. The number of benzene rings is 1. The van der Waals surface area contributed by atoms with Gasteiger partial charge in [-0.3, -0.25) is 0 Å². The number of nitrogens with zero attached hydrogens (tertiary/aromatic N) is 2. The largest absolute Gasteiger partial charge is 0.339 e. The molecule has 1 fully saturated rings. The van der Waals surface area contributed by atoms with Crippen molar-refractivity contribution in [3.8, 4) is 0 Å². The summed E-state index contributed by atoms with van der Waals surface area (Å²) in [6.45, 7) is 6.33. The number of rotatable bonds is 4. The van der Waals surface area contributed by atoms with Crippen molar-refractivity contribution in [2.45, 2.75) is 32.1 Å². The quantitative estimate of drug-likeness (QED) is 0.942. The lowest BCUT2D eigenvalue weighted by atomic mass is 9.76. The Morgan fingerprint density at radius 3 is 2.86 bits per heavy atom. The van der Waals surface area contributed by atoms with Crippen molar-refractivity contribution >= 4 is 11.6 Å². The third-order valence-electron chi connectivity index (χ3n) is 4.49. The minimum atomic E-state index is -0.0360. The zero-order valence-corrected chi connectivity index (χ0v) is 13.2. The summed E-state index contributed by atoms with van der Waals surface area (Å²) >= 11 is 6.19. The van der Waals surface area contributed by atoms with Gasteiger partial charge >= 0.3 is 0 Å². The molecule has 21 heavy (non-hydrogen) atoms. The molecule has 0 aliphatic carbocycles. The summed E-state index contributed by atoms with van der Waals surface area (Å²) in [6, 6.07) is 7.77. The second-order valence-electron chi connectivity index (χ2n) is 6.02. The van der Waals surface area contributed by atoms with Crippen molar-refractivity contribution in [3.05, 3.63) is 46.6 Å². The lowest BCUT2D eigenvalue weighted by Crippen LogP contribution is -2.35. The molecule has 2 heterocycles. The van der Waals surface area contributed by atoms with E-state index in [2.05, 4.69) is 29.3 Å². The van der Waals surface area contributed by atoms with Crippen LogP contribution in [0.3, 0.4) is 0 Å². The van der Waals surface area contributed by atoms with Crippen LogP contribution in [0.25, 0.3) is 0 Å². The van der Waals surface area contributed by atoms with Crippen molar-refractivity contribution in [1.82, 2.24) is 15.5 Å². The summed E-state index contributed by atoms with van der Waals surface area (Å²) < 4.78 is 5.58. The van der Waals surface area contributed by atoms with Crippen LogP contribution in [0.15, 0.2) is 28.8 Å². The molecule has 0 bridgehead atoms. The van der Waals surface area contributed by atoms with Crippen molar-refractivity contribution in [2.24, 2.45) is 5.92 Å². The van der Waals surface area contributed by atoms with Crippen LogP contribution in [0.4, 0.5) is 0 Å². The van der Waals surface area contributed by atoms with Crippen LogP contribution in [0.5, 0.6) is 0 Å². The summed E-state index contributed by atoms with van der Waals surface area (Å²) in [5, 5.41) is 8.30. The van der Waals surface area contributed by atoms with E-state index in [4.69, 9.17) is 16.1 Å². The molecule has 0 radical (unpaired) electrons. The van der Waals surface area contributed by atoms with E-state index in [1.807, 2.05) is 24.3 Å². The Bertz CT molecular complexity index is 617. The molecule has 0 saturated carbocycles. The Morgan fingerprint density at radius 1 is 1.38 bits per heavy atom. The summed E-state index contributed by atoms with van der Waals surface area (Å²) in [6.07, 6.45) is 1.64. The van der Waals surface area contributed by atoms with Crippen molar-refractivity contribution in [1.29, 1.82) is 0 Å². The fourth-order valence-electron chi connectivity index (χ4n) is 2.97. The Labute approximate surface area is 129 Å². The van der Waals surface area contributed by atoms with Crippen molar-refractivity contribution < 1.29 is 4.52 Å². The fraction of sp³-hybridized carbons (Fsp3) is 0.500. The summed E-state index contributed by atoms with van der Waals surface area (Å²) in [4.78, 5) is 4.65. The third-order valence-corrected chi connectivity index (χ3v) is 4.86. The molecule has 1 aliphatic heterocycles. The molecule has 1 atom stereocenters. The van der Waals surface area contributed by atoms with E-state index in [0.29, 0.717) is 18.2 Å². The molecular weight excluding hydrogens is 286 g/mol. The van der Waals surface area contributed by atoms with Gasteiger partial charge in [-0.1, -0.05) is 48.8 Å². The second-order valence-corrected chi connectivity index (χ2v) is 6.43. The van der Waals surface area contributed by atoms with Crippen molar-refractivity contribution in [3.63, 3.8) is 0 Å². The normalized spacial score (nSPS) is 22.1. The van der Waals surface area contributed by atoms with Gasteiger partial charge < -0.3 is 9.84 Å². The molecule has 5 heteroatoms. The van der Waals surface area contributed by atoms with Gasteiger partial charge in [0.15, 0.2) is 5.82 Å². The first-order chi connectivity index (χ1) is 10.1. The fourth-order valence-corrected chi connectivity index (χ4v) is 3.18. The average molecular weight is 306 g/mol. The Balaban J connectivity index is 1.85. The van der Waals surface area contributed by atoms with Gasteiger partial charge in [0.25, 0.3) is 0 Å². The lowest BCUT2D eigenvalue weighted by molar-refractivity contribution is 0.234. The van der Waals surface area contributed by atoms with E-state index in [0.717, 1.165) is 36.0 Å². The topological polar surface area (TPSA) is 51.0 Å². The number of nitrogens with one attached hydrogen (secondary N) is 1. The highest BCUT2D eigenvalue weighted by atomic mass is 35.5. The average Bonchev–Trinajstić information content (AvgIpc) is 3.10. The first-order valence-electron chi connectivity index (χ1n) is 7.39. The van der Waals surface area contributed by atoms with Crippen LogP contribution in [0, 0.1) is 5.92 Å². The molecular formula is C16H20ClN3O. The molecule has 1 aromatic heterocycles. The van der Waals surface area contributed by atoms with Gasteiger partial charge in [-0.15, -0.1) is 0 Å². The Morgan fingerprint density at radius 2 is 2.19 bits per heavy atom. The van der Waals surface area contributed by atoms with E-state index in [1.165, 1.54) is 0 Å². The smallest absolute Gasteiger partial charge is 0.234 e. The van der Waals surface area contributed by atoms with Gasteiger partial charge in [0, 0.05) is 18.0 Å². The van der Waals surface area contributed by atoms with Crippen LogP contribution < -0.4 is 5.32 Å². The van der Waals surface area contributed by atoms with E-state index in [-0.39, 0.29) is 5.41 Å². The molecule has 3 rings (SSSR count). The van der Waals surface area contributed by atoms with Crippen molar-refractivity contribution in [2.75, 3.05) is 13.1 Å². The Kier molecular flexibility index (Phi) is 4.00. The SMILES string of the molecule is CC(C)C1(c2nc(Cc3ccccc3Cl)no2)CCNC1. The molecule has 1 unspecified atom stereocenters. The van der Waals surface area contributed by atoms with Crippen LogP contribution in [0.2, 0.25) is 5.02 Å². The molecule has 1 aromatic carbocycles. The maximum atomic E-state index is 6.19. The van der Waals surface area contributed by atoms with E-state index in [1.54, 1.807) is 0 Å². The molecule has 0 spiro atoms. The van der Waals surface area contributed by atoms with Gasteiger partial charge in [0.1, 0.15) is 0 Å². The van der Waals surface area contributed by atoms with Gasteiger partial charge in [-0.25, -0.2) is 0 Å². The van der Waals surface area contributed by atoms with Gasteiger partial charge in [0.05, 0.1) is 5.41 Å². The number of halogens is 1. The molecule has 1 aliphatic rings. The minimum absolute atomic E-state index is 0.0360. The maximum absolute atomic E-state index is 6.19. The molecule has 2 aromatic rings. The maximum Gasteiger partial charge on any atom is 0.234 e. The van der Waals surface area contributed by atoms with Crippen LogP contribution in [-0.4, -0.2) is 23.2 Å². The highest BCUT2D eigenvalue weighted by Crippen LogP contribution is 2.37. The highest BCUT2D eigenvalue weighted by Gasteiger charge is 2.43. The van der Waals surface area contributed by atoms with Crippen LogP contribution in [-0.2, 0) is 11.8 Å². The zero-order valence-electron chi connectivity index (χ0n) is 12.4. The first-order valence-corrected chi connectivity index (χ1v) is 7.77. The minimum Gasteiger partial charge on any atom is -0.339 e. The molecule has 4 nitrogen and oxygen atoms in total. The van der Waals surface area contributed by atoms with Crippen LogP contribution >= 0.6 is 11.6 Å². The molecule has 112 valence electrons. The summed E-state index contributed by atoms with van der Waals surface area (Å²) in [7, 11) is 0. The van der Waals surface area contributed by atoms with E-state index in [9.17, 15) is 0 Å².